The number of nitrogens with zero attached hydrogens (tertiary/aromatic N) is 1. The van der Waals surface area contributed by atoms with Crippen molar-refractivity contribution >= 4 is 17.6 Å². The van der Waals surface area contributed by atoms with Crippen LogP contribution >= 0.6 is 0 Å². The van der Waals surface area contributed by atoms with Gasteiger partial charge in [-0.15, -0.1) is 0 Å². The predicted molar refractivity (Wildman–Crippen MR) is 61.1 cm³/mol. The lowest BCUT2D eigenvalue weighted by Gasteiger charge is -2.12. The number of aryl methyl sites for hydroxylation is 1. The van der Waals surface area contributed by atoms with Gasteiger partial charge in [-0.25, -0.2) is 0 Å². The number of carbonyl (C=O) groups is 2. The topological polar surface area (TPSA) is 110 Å². The fourth-order valence-electron chi connectivity index (χ4n) is 1.17. The molecule has 0 bridgehead atoms. The Hall–Kier alpha value is -1.89. The van der Waals surface area contributed by atoms with Gasteiger partial charge in [-0.05, 0) is 13.8 Å². The van der Waals surface area contributed by atoms with Crippen molar-refractivity contribution in [3.05, 3.63) is 11.8 Å². The summed E-state index contributed by atoms with van der Waals surface area (Å²) in [5, 5.41) is 8.65. The predicted octanol–water partition coefficient (Wildman–Crippen LogP) is -0.225. The van der Waals surface area contributed by atoms with Gasteiger partial charge >= 0.3 is 0 Å². The van der Waals surface area contributed by atoms with E-state index >= 15 is 0 Å². The third-order valence-electron chi connectivity index (χ3n) is 2.02. The Labute approximate surface area is 98.7 Å². The van der Waals surface area contributed by atoms with E-state index in [0.717, 1.165) is 0 Å². The van der Waals surface area contributed by atoms with Crippen LogP contribution in [0.1, 0.15) is 19.1 Å². The fraction of sp³-hybridized carbons (Fsp3) is 0.500. The van der Waals surface area contributed by atoms with Crippen LogP contribution in [-0.4, -0.2) is 29.6 Å². The van der Waals surface area contributed by atoms with E-state index in [-0.39, 0.29) is 24.8 Å². The number of rotatable bonds is 5. The van der Waals surface area contributed by atoms with Gasteiger partial charge in [-0.2, -0.15) is 0 Å². The molecule has 2 amide bonds. The molecule has 0 aromatic carbocycles. The minimum Gasteiger partial charge on any atom is -0.360 e. The zero-order valence-corrected chi connectivity index (χ0v) is 9.82. The second-order valence-electron chi connectivity index (χ2n) is 3.64. The number of hydrogen-bond donors (Lipinski definition) is 3. The summed E-state index contributed by atoms with van der Waals surface area (Å²) in [6.07, 6.45) is 0.195. The molecule has 1 heterocycles. The van der Waals surface area contributed by atoms with Crippen molar-refractivity contribution in [2.45, 2.75) is 26.3 Å². The standard InChI is InChI=1S/C10H16N4O3/c1-6-5-8(14-17-6)13-10(16)7(2)12-9(15)3-4-11/h5,7H,3-4,11H2,1-2H3,(H,12,15)(H,13,14,16)/t7-/m0/s1. The molecule has 1 atom stereocenters. The molecule has 7 nitrogen and oxygen atoms in total. The summed E-state index contributed by atoms with van der Waals surface area (Å²) in [6.45, 7) is 3.55. The highest BCUT2D eigenvalue weighted by Crippen LogP contribution is 2.07. The van der Waals surface area contributed by atoms with Crippen molar-refractivity contribution in [3.8, 4) is 0 Å². The highest BCUT2D eigenvalue weighted by Gasteiger charge is 2.16. The first-order chi connectivity index (χ1) is 8.02. The van der Waals surface area contributed by atoms with E-state index in [2.05, 4.69) is 15.8 Å². The summed E-state index contributed by atoms with van der Waals surface area (Å²) in [5.74, 6) is 0.308. The Kier molecular flexibility index (Phi) is 4.65. The van der Waals surface area contributed by atoms with Crippen LogP contribution in [0.3, 0.4) is 0 Å². The molecule has 94 valence electrons. The minimum absolute atomic E-state index is 0.195. The van der Waals surface area contributed by atoms with Gasteiger partial charge in [-0.1, -0.05) is 5.16 Å². The highest BCUT2D eigenvalue weighted by molar-refractivity contribution is 5.96. The number of nitrogens with one attached hydrogen (secondary N) is 2. The number of aromatic nitrogens is 1. The molecule has 1 aromatic heterocycles. The second kappa shape index (κ2) is 6.00. The summed E-state index contributed by atoms with van der Waals surface area (Å²) >= 11 is 0. The molecule has 17 heavy (non-hydrogen) atoms. The van der Waals surface area contributed by atoms with Crippen molar-refractivity contribution in [2.75, 3.05) is 11.9 Å². The maximum Gasteiger partial charge on any atom is 0.247 e. The second-order valence-corrected chi connectivity index (χ2v) is 3.64. The van der Waals surface area contributed by atoms with Gasteiger partial charge in [0.25, 0.3) is 0 Å². The van der Waals surface area contributed by atoms with E-state index in [1.165, 1.54) is 0 Å². The first-order valence-electron chi connectivity index (χ1n) is 5.26. The van der Waals surface area contributed by atoms with E-state index in [4.69, 9.17) is 10.3 Å². The lowest BCUT2D eigenvalue weighted by atomic mass is 10.3. The molecule has 0 spiro atoms. The molecule has 0 aliphatic rings. The average molecular weight is 240 g/mol. The quantitative estimate of drug-likeness (QED) is 0.658. The third kappa shape index (κ3) is 4.23. The summed E-state index contributed by atoms with van der Waals surface area (Å²) in [5.41, 5.74) is 5.22. The van der Waals surface area contributed by atoms with Gasteiger partial charge in [0.15, 0.2) is 5.82 Å². The summed E-state index contributed by atoms with van der Waals surface area (Å²) in [7, 11) is 0. The van der Waals surface area contributed by atoms with Crippen LogP contribution in [-0.2, 0) is 9.59 Å². The Morgan fingerprint density at radius 3 is 2.82 bits per heavy atom. The smallest absolute Gasteiger partial charge is 0.247 e. The molecule has 1 aromatic rings. The lowest BCUT2D eigenvalue weighted by molar-refractivity contribution is -0.126. The molecule has 0 saturated carbocycles. The number of anilines is 1. The molecule has 0 fully saturated rings. The van der Waals surface area contributed by atoms with Crippen molar-refractivity contribution in [1.82, 2.24) is 10.5 Å². The van der Waals surface area contributed by atoms with E-state index in [0.29, 0.717) is 11.6 Å². The van der Waals surface area contributed by atoms with Gasteiger partial charge in [-0.3, -0.25) is 9.59 Å². The van der Waals surface area contributed by atoms with Crippen LogP contribution in [0.5, 0.6) is 0 Å². The molecule has 0 saturated heterocycles. The number of hydrogen-bond acceptors (Lipinski definition) is 5. The summed E-state index contributed by atoms with van der Waals surface area (Å²) in [4.78, 5) is 22.8. The maximum absolute atomic E-state index is 11.6. The molecule has 0 aliphatic heterocycles. The molecule has 1 rings (SSSR count). The Balaban J connectivity index is 2.44. The molecular weight excluding hydrogens is 224 g/mol. The van der Waals surface area contributed by atoms with Crippen LogP contribution in [0.2, 0.25) is 0 Å². The molecule has 0 aliphatic carbocycles. The summed E-state index contributed by atoms with van der Waals surface area (Å²) < 4.78 is 4.80. The lowest BCUT2D eigenvalue weighted by Crippen LogP contribution is -2.42. The van der Waals surface area contributed by atoms with Crippen molar-refractivity contribution in [3.63, 3.8) is 0 Å². The van der Waals surface area contributed by atoms with E-state index < -0.39 is 6.04 Å². The summed E-state index contributed by atoms with van der Waals surface area (Å²) in [6, 6.07) is 0.942. The zero-order chi connectivity index (χ0) is 12.8. The van der Waals surface area contributed by atoms with Gasteiger partial charge < -0.3 is 20.9 Å². The maximum atomic E-state index is 11.6. The van der Waals surface area contributed by atoms with Gasteiger partial charge in [0.1, 0.15) is 11.8 Å². The molecule has 0 unspecified atom stereocenters. The van der Waals surface area contributed by atoms with Crippen LogP contribution in [0.15, 0.2) is 10.6 Å². The number of amides is 2. The minimum atomic E-state index is -0.647. The Bertz CT molecular complexity index is 402. The van der Waals surface area contributed by atoms with Crippen LogP contribution in [0.25, 0.3) is 0 Å². The molecule has 7 heteroatoms. The SMILES string of the molecule is Cc1cc(NC(=O)[C@H](C)NC(=O)CCN)no1. The third-order valence-corrected chi connectivity index (χ3v) is 2.02. The number of nitrogens with two attached hydrogens (primary N) is 1. The Morgan fingerprint density at radius 2 is 2.29 bits per heavy atom. The van der Waals surface area contributed by atoms with Crippen LogP contribution in [0, 0.1) is 6.92 Å². The van der Waals surface area contributed by atoms with Crippen molar-refractivity contribution < 1.29 is 14.1 Å². The monoisotopic (exact) mass is 240 g/mol. The number of carbonyl (C=O) groups excluding carboxylic acids is 2. The van der Waals surface area contributed by atoms with Gasteiger partial charge in [0.05, 0.1) is 0 Å². The van der Waals surface area contributed by atoms with Crippen LogP contribution in [0.4, 0.5) is 5.82 Å². The molecular formula is C10H16N4O3. The van der Waals surface area contributed by atoms with Gasteiger partial charge in [0, 0.05) is 19.0 Å². The fourth-order valence-corrected chi connectivity index (χ4v) is 1.17. The van der Waals surface area contributed by atoms with Crippen molar-refractivity contribution in [2.24, 2.45) is 5.73 Å². The van der Waals surface area contributed by atoms with E-state index in [1.807, 2.05) is 0 Å². The highest BCUT2D eigenvalue weighted by atomic mass is 16.5. The van der Waals surface area contributed by atoms with Gasteiger partial charge in [0.2, 0.25) is 11.8 Å². The first-order valence-corrected chi connectivity index (χ1v) is 5.26. The average Bonchev–Trinajstić information content (AvgIpc) is 2.64. The largest absolute Gasteiger partial charge is 0.360 e. The van der Waals surface area contributed by atoms with E-state index in [9.17, 15) is 9.59 Å². The first kappa shape index (κ1) is 13.2. The van der Waals surface area contributed by atoms with Crippen molar-refractivity contribution in [1.29, 1.82) is 0 Å². The normalized spacial score (nSPS) is 11.9. The van der Waals surface area contributed by atoms with E-state index in [1.54, 1.807) is 19.9 Å². The molecule has 0 radical (unpaired) electrons. The zero-order valence-electron chi connectivity index (χ0n) is 9.82. The Morgan fingerprint density at radius 1 is 1.59 bits per heavy atom. The van der Waals surface area contributed by atoms with Crippen LogP contribution < -0.4 is 16.4 Å². The molecule has 4 N–H and O–H groups in total.